The molecule has 1 aliphatic heterocycles. The lowest BCUT2D eigenvalue weighted by Gasteiger charge is -2.11. The first-order valence-corrected chi connectivity index (χ1v) is 10.4. The summed E-state index contributed by atoms with van der Waals surface area (Å²) in [5, 5.41) is 11.5. The van der Waals surface area contributed by atoms with Gasteiger partial charge in [-0.05, 0) is 54.9 Å². The summed E-state index contributed by atoms with van der Waals surface area (Å²) in [5.74, 6) is 2.32. The lowest BCUT2D eigenvalue weighted by molar-refractivity contribution is 0.260. The highest BCUT2D eigenvalue weighted by atomic mass is 16.5. The maximum absolute atomic E-state index is 5.95. The number of hydrogen-bond acceptors (Lipinski definition) is 5. The predicted octanol–water partition coefficient (Wildman–Crippen LogP) is 4.00. The molecule has 0 spiro atoms. The molecule has 0 saturated carbocycles. The van der Waals surface area contributed by atoms with E-state index in [1.54, 1.807) is 0 Å². The molecule has 0 aliphatic carbocycles. The quantitative estimate of drug-likeness (QED) is 0.492. The van der Waals surface area contributed by atoms with E-state index >= 15 is 0 Å². The van der Waals surface area contributed by atoms with Gasteiger partial charge in [0.2, 0.25) is 0 Å². The highest BCUT2D eigenvalue weighted by Gasteiger charge is 2.15. The third kappa shape index (κ3) is 4.14. The normalized spacial score (nSPS) is 16.1. The smallest absolute Gasteiger partial charge is 0.154 e. The van der Waals surface area contributed by atoms with Gasteiger partial charge in [0.25, 0.3) is 0 Å². The van der Waals surface area contributed by atoms with Crippen LogP contribution in [0.2, 0.25) is 0 Å². The van der Waals surface area contributed by atoms with Gasteiger partial charge in [0, 0.05) is 24.6 Å². The maximum atomic E-state index is 5.95. The number of benzene rings is 2. The van der Waals surface area contributed by atoms with Gasteiger partial charge >= 0.3 is 0 Å². The molecule has 0 bridgehead atoms. The monoisotopic (exact) mass is 399 g/mol. The summed E-state index contributed by atoms with van der Waals surface area (Å²) in [6, 6.07) is 22.4. The van der Waals surface area contributed by atoms with Gasteiger partial charge in [-0.15, -0.1) is 5.10 Å². The van der Waals surface area contributed by atoms with Gasteiger partial charge in [-0.3, -0.25) is 0 Å². The molecular weight excluding hydrogens is 374 g/mol. The van der Waals surface area contributed by atoms with Crippen LogP contribution in [-0.2, 0) is 6.54 Å². The topological polar surface area (TPSA) is 63.5 Å². The average Bonchev–Trinajstić information content (AvgIpc) is 3.47. The van der Waals surface area contributed by atoms with Gasteiger partial charge in [0.1, 0.15) is 11.6 Å². The van der Waals surface area contributed by atoms with Crippen LogP contribution in [0, 0.1) is 5.92 Å². The van der Waals surface area contributed by atoms with E-state index < -0.39 is 0 Å². The fraction of sp³-hybridized carbons (Fsp3) is 0.250. The first-order chi connectivity index (χ1) is 14.8. The first-order valence-electron chi connectivity index (χ1n) is 10.4. The Hall–Kier alpha value is -3.38. The third-order valence-electron chi connectivity index (χ3n) is 5.48. The Labute approximate surface area is 175 Å². The van der Waals surface area contributed by atoms with Crippen LogP contribution >= 0.6 is 0 Å². The minimum absolute atomic E-state index is 0.606. The fourth-order valence-corrected chi connectivity index (χ4v) is 3.75. The van der Waals surface area contributed by atoms with Gasteiger partial charge in [0.05, 0.1) is 18.5 Å². The van der Waals surface area contributed by atoms with Crippen molar-refractivity contribution in [3.8, 4) is 17.0 Å². The van der Waals surface area contributed by atoms with Crippen LogP contribution in [-0.4, -0.2) is 34.3 Å². The molecule has 6 heteroatoms. The number of rotatable bonds is 7. The SMILES string of the molecule is c1ccc(CNc2ccc3ncc(-c4ccc(OC[C@@H]5CCNC5)cc4)n3n2)cc1. The Morgan fingerprint density at radius 3 is 2.70 bits per heavy atom. The van der Waals surface area contributed by atoms with E-state index in [1.807, 2.05) is 53.2 Å². The Morgan fingerprint density at radius 2 is 1.90 bits per heavy atom. The highest BCUT2D eigenvalue weighted by Crippen LogP contribution is 2.24. The minimum atomic E-state index is 0.606. The van der Waals surface area contributed by atoms with Crippen molar-refractivity contribution < 1.29 is 4.74 Å². The van der Waals surface area contributed by atoms with Crippen LogP contribution in [0.25, 0.3) is 16.9 Å². The molecule has 0 radical (unpaired) electrons. The van der Waals surface area contributed by atoms with Gasteiger partial charge in [-0.1, -0.05) is 30.3 Å². The molecule has 30 heavy (non-hydrogen) atoms. The van der Waals surface area contributed by atoms with E-state index in [4.69, 9.17) is 9.84 Å². The van der Waals surface area contributed by atoms with Crippen molar-refractivity contribution in [3.63, 3.8) is 0 Å². The number of nitrogens with zero attached hydrogens (tertiary/aromatic N) is 3. The van der Waals surface area contributed by atoms with Crippen molar-refractivity contribution in [2.75, 3.05) is 25.0 Å². The Kier molecular flexibility index (Phi) is 5.31. The number of hydrogen-bond donors (Lipinski definition) is 2. The molecule has 5 rings (SSSR count). The number of fused-ring (bicyclic) bond motifs is 1. The molecule has 1 atom stereocenters. The second-order valence-corrected chi connectivity index (χ2v) is 7.67. The Morgan fingerprint density at radius 1 is 1.03 bits per heavy atom. The molecule has 152 valence electrons. The zero-order valence-electron chi connectivity index (χ0n) is 16.8. The number of anilines is 1. The van der Waals surface area contributed by atoms with Gasteiger partial charge in [-0.2, -0.15) is 0 Å². The van der Waals surface area contributed by atoms with Gasteiger partial charge in [0.15, 0.2) is 5.65 Å². The molecule has 2 aromatic carbocycles. The average molecular weight is 399 g/mol. The molecule has 3 heterocycles. The van der Waals surface area contributed by atoms with Crippen LogP contribution < -0.4 is 15.4 Å². The zero-order valence-corrected chi connectivity index (χ0v) is 16.8. The number of imidazole rings is 1. The van der Waals surface area contributed by atoms with Gasteiger partial charge in [-0.25, -0.2) is 9.50 Å². The molecular formula is C24H25N5O. The Balaban J connectivity index is 1.31. The molecule has 0 unspecified atom stereocenters. The molecule has 1 saturated heterocycles. The number of nitrogens with one attached hydrogen (secondary N) is 2. The molecule has 4 aromatic rings. The van der Waals surface area contributed by atoms with E-state index in [9.17, 15) is 0 Å². The Bertz CT molecular complexity index is 1100. The largest absolute Gasteiger partial charge is 0.493 e. The number of aromatic nitrogens is 3. The zero-order chi connectivity index (χ0) is 20.2. The van der Waals surface area contributed by atoms with Crippen molar-refractivity contribution in [2.45, 2.75) is 13.0 Å². The van der Waals surface area contributed by atoms with Crippen LogP contribution in [0.4, 0.5) is 5.82 Å². The number of ether oxygens (including phenoxy) is 1. The van der Waals surface area contributed by atoms with Crippen LogP contribution in [0.15, 0.2) is 72.9 Å². The van der Waals surface area contributed by atoms with Gasteiger partial charge < -0.3 is 15.4 Å². The molecule has 0 amide bonds. The third-order valence-corrected chi connectivity index (χ3v) is 5.48. The fourth-order valence-electron chi connectivity index (χ4n) is 3.75. The summed E-state index contributed by atoms with van der Waals surface area (Å²) in [7, 11) is 0. The van der Waals surface area contributed by atoms with Crippen LogP contribution in [0.5, 0.6) is 5.75 Å². The van der Waals surface area contributed by atoms with Crippen LogP contribution in [0.3, 0.4) is 0 Å². The summed E-state index contributed by atoms with van der Waals surface area (Å²) >= 11 is 0. The summed E-state index contributed by atoms with van der Waals surface area (Å²) in [6.07, 6.45) is 3.05. The summed E-state index contributed by atoms with van der Waals surface area (Å²) in [6.45, 7) is 3.63. The predicted molar refractivity (Wildman–Crippen MR) is 119 cm³/mol. The van der Waals surface area contributed by atoms with Crippen molar-refractivity contribution in [3.05, 3.63) is 78.5 Å². The van der Waals surface area contributed by atoms with Crippen molar-refractivity contribution in [2.24, 2.45) is 5.92 Å². The van der Waals surface area contributed by atoms with E-state index in [0.717, 1.165) is 54.7 Å². The molecule has 1 aliphatic rings. The minimum Gasteiger partial charge on any atom is -0.493 e. The summed E-state index contributed by atoms with van der Waals surface area (Å²) in [4.78, 5) is 4.50. The second-order valence-electron chi connectivity index (χ2n) is 7.67. The van der Waals surface area contributed by atoms with E-state index in [2.05, 4.69) is 39.9 Å². The van der Waals surface area contributed by atoms with Crippen molar-refractivity contribution in [1.29, 1.82) is 0 Å². The second kappa shape index (κ2) is 8.55. The summed E-state index contributed by atoms with van der Waals surface area (Å²) < 4.78 is 7.84. The lowest BCUT2D eigenvalue weighted by Crippen LogP contribution is -2.15. The first kappa shape index (κ1) is 18.6. The van der Waals surface area contributed by atoms with Crippen molar-refractivity contribution >= 4 is 11.5 Å². The van der Waals surface area contributed by atoms with E-state index in [1.165, 1.54) is 12.0 Å². The van der Waals surface area contributed by atoms with E-state index in [-0.39, 0.29) is 0 Å². The summed E-state index contributed by atoms with van der Waals surface area (Å²) in [5.41, 5.74) is 4.06. The standard InChI is InChI=1S/C24H25N5O/c1-2-4-18(5-3-1)15-26-23-10-11-24-27-16-22(29(24)28-23)20-6-8-21(9-7-20)30-17-19-12-13-25-14-19/h1-11,16,19,25H,12-15,17H2,(H,26,28)/t19-/m1/s1. The molecule has 2 N–H and O–H groups in total. The molecule has 2 aromatic heterocycles. The lowest BCUT2D eigenvalue weighted by atomic mass is 10.1. The maximum Gasteiger partial charge on any atom is 0.154 e. The highest BCUT2D eigenvalue weighted by molar-refractivity contribution is 5.64. The molecule has 1 fully saturated rings. The van der Waals surface area contributed by atoms with E-state index in [0.29, 0.717) is 5.92 Å². The van der Waals surface area contributed by atoms with Crippen molar-refractivity contribution in [1.82, 2.24) is 19.9 Å². The molecule has 6 nitrogen and oxygen atoms in total. The van der Waals surface area contributed by atoms with Crippen LogP contribution in [0.1, 0.15) is 12.0 Å².